The number of esters is 1. The van der Waals surface area contributed by atoms with Gasteiger partial charge in [0.1, 0.15) is 16.4 Å². The molecule has 196 valence electrons. The molecule has 0 radical (unpaired) electrons. The van der Waals surface area contributed by atoms with Gasteiger partial charge in [-0.2, -0.15) is 0 Å². The topological polar surface area (TPSA) is 80.3 Å². The Bertz CT molecular complexity index is 1210. The Labute approximate surface area is 221 Å². The maximum absolute atomic E-state index is 12.9. The molecule has 1 saturated heterocycles. The average Bonchev–Trinajstić information content (AvgIpc) is 3.34. The second kappa shape index (κ2) is 12.7. The quantitative estimate of drug-likeness (QED) is 0.396. The van der Waals surface area contributed by atoms with Crippen LogP contribution in [0.1, 0.15) is 22.2 Å². The zero-order chi connectivity index (χ0) is 26.2. The number of hydrogen-bond donors (Lipinski definition) is 1. The first-order valence-corrected chi connectivity index (χ1v) is 13.1. The van der Waals surface area contributed by atoms with Crippen LogP contribution in [0.25, 0.3) is 10.4 Å². The van der Waals surface area contributed by atoms with E-state index in [9.17, 15) is 9.59 Å². The van der Waals surface area contributed by atoms with Gasteiger partial charge in [0, 0.05) is 43.2 Å². The summed E-state index contributed by atoms with van der Waals surface area (Å²) in [7, 11) is 3.33. The van der Waals surface area contributed by atoms with Gasteiger partial charge in [-0.25, -0.2) is 4.79 Å². The smallest absolute Gasteiger partial charge is 0.350 e. The van der Waals surface area contributed by atoms with E-state index in [-0.39, 0.29) is 19.1 Å². The van der Waals surface area contributed by atoms with Gasteiger partial charge in [0.25, 0.3) is 0 Å². The maximum atomic E-state index is 12.9. The van der Waals surface area contributed by atoms with Crippen LogP contribution in [0.4, 0.5) is 5.69 Å². The average molecular weight is 524 g/mol. The van der Waals surface area contributed by atoms with E-state index in [2.05, 4.69) is 15.1 Å². The van der Waals surface area contributed by atoms with Crippen LogP contribution in [-0.4, -0.2) is 75.2 Å². The Kier molecular flexibility index (Phi) is 9.16. The molecule has 1 aliphatic rings. The number of methoxy groups -OCH3 is 2. The number of benzene rings is 2. The standard InChI is InChI=1S/C28H33N3O5S/c1-4-36-28(33)27-23(17-25(37-27)20-8-6-5-7-9-20)29-26(32)19-31-14-12-30(13-15-31)18-21-16-22(34-2)10-11-24(21)35-3/h5-11,16-17H,4,12-15,18-19H2,1-3H3,(H,29,32). The van der Waals surface area contributed by atoms with Crippen molar-refractivity contribution < 1.29 is 23.8 Å². The minimum absolute atomic E-state index is 0.147. The number of carbonyl (C=O) groups is 2. The number of piperazine rings is 1. The number of ether oxygens (including phenoxy) is 3. The molecular formula is C28H33N3O5S. The van der Waals surface area contributed by atoms with Gasteiger partial charge in [-0.15, -0.1) is 11.3 Å². The summed E-state index contributed by atoms with van der Waals surface area (Å²) in [5, 5.41) is 2.95. The summed E-state index contributed by atoms with van der Waals surface area (Å²) < 4.78 is 16.1. The van der Waals surface area contributed by atoms with Crippen LogP contribution < -0.4 is 14.8 Å². The third kappa shape index (κ3) is 6.88. The summed E-state index contributed by atoms with van der Waals surface area (Å²) in [4.78, 5) is 31.3. The molecule has 0 bridgehead atoms. The summed E-state index contributed by atoms with van der Waals surface area (Å²) in [5.41, 5.74) is 2.56. The fourth-order valence-corrected chi connectivity index (χ4v) is 5.33. The van der Waals surface area contributed by atoms with Gasteiger partial charge in [-0.3, -0.25) is 14.6 Å². The number of thiophene rings is 1. The SMILES string of the molecule is CCOC(=O)c1sc(-c2ccccc2)cc1NC(=O)CN1CCN(Cc2cc(OC)ccc2OC)CC1. The van der Waals surface area contributed by atoms with Crippen molar-refractivity contribution in [3.8, 4) is 21.9 Å². The Hall–Kier alpha value is -3.40. The fraction of sp³-hybridized carbons (Fsp3) is 0.357. The number of amides is 1. The summed E-state index contributed by atoms with van der Waals surface area (Å²) in [5.74, 6) is 1.07. The van der Waals surface area contributed by atoms with Crippen molar-refractivity contribution >= 4 is 28.9 Å². The number of nitrogens with zero attached hydrogens (tertiary/aromatic N) is 2. The van der Waals surface area contributed by atoms with Crippen molar-refractivity contribution in [3.63, 3.8) is 0 Å². The molecule has 1 amide bonds. The molecule has 37 heavy (non-hydrogen) atoms. The highest BCUT2D eigenvalue weighted by molar-refractivity contribution is 7.18. The maximum Gasteiger partial charge on any atom is 0.350 e. The summed E-state index contributed by atoms with van der Waals surface area (Å²) in [6.45, 7) is 6.25. The molecule has 0 spiro atoms. The van der Waals surface area contributed by atoms with E-state index in [0.717, 1.165) is 60.2 Å². The Morgan fingerprint density at radius 3 is 2.35 bits per heavy atom. The van der Waals surface area contributed by atoms with E-state index >= 15 is 0 Å². The molecule has 2 heterocycles. The van der Waals surface area contributed by atoms with Crippen LogP contribution in [0, 0.1) is 0 Å². The molecule has 2 aromatic carbocycles. The molecule has 9 heteroatoms. The Balaban J connectivity index is 1.35. The van der Waals surface area contributed by atoms with E-state index in [1.54, 1.807) is 21.1 Å². The molecule has 1 fully saturated rings. The lowest BCUT2D eigenvalue weighted by Crippen LogP contribution is -2.48. The molecule has 0 unspecified atom stereocenters. The molecular weight excluding hydrogens is 490 g/mol. The van der Waals surface area contributed by atoms with Crippen LogP contribution in [0.3, 0.4) is 0 Å². The second-order valence-corrected chi connectivity index (χ2v) is 9.77. The fourth-order valence-electron chi connectivity index (χ4n) is 4.32. The lowest BCUT2D eigenvalue weighted by atomic mass is 10.1. The molecule has 3 aromatic rings. The van der Waals surface area contributed by atoms with Crippen LogP contribution in [0.15, 0.2) is 54.6 Å². The van der Waals surface area contributed by atoms with E-state index in [0.29, 0.717) is 10.6 Å². The Morgan fingerprint density at radius 1 is 0.946 bits per heavy atom. The van der Waals surface area contributed by atoms with Crippen LogP contribution in [-0.2, 0) is 16.1 Å². The number of hydrogen-bond acceptors (Lipinski definition) is 8. The van der Waals surface area contributed by atoms with Crippen molar-refractivity contribution in [3.05, 3.63) is 65.0 Å². The van der Waals surface area contributed by atoms with E-state index in [4.69, 9.17) is 14.2 Å². The first kappa shape index (κ1) is 26.7. The largest absolute Gasteiger partial charge is 0.497 e. The molecule has 0 atom stereocenters. The van der Waals surface area contributed by atoms with Crippen molar-refractivity contribution in [2.24, 2.45) is 0 Å². The molecule has 8 nitrogen and oxygen atoms in total. The monoisotopic (exact) mass is 523 g/mol. The minimum atomic E-state index is -0.424. The third-order valence-electron chi connectivity index (χ3n) is 6.24. The van der Waals surface area contributed by atoms with E-state index in [1.807, 2.05) is 54.6 Å². The molecule has 0 saturated carbocycles. The first-order valence-electron chi connectivity index (χ1n) is 12.3. The lowest BCUT2D eigenvalue weighted by molar-refractivity contribution is -0.117. The third-order valence-corrected chi connectivity index (χ3v) is 7.40. The van der Waals surface area contributed by atoms with Crippen LogP contribution in [0.5, 0.6) is 11.5 Å². The lowest BCUT2D eigenvalue weighted by Gasteiger charge is -2.34. The predicted molar refractivity (Wildman–Crippen MR) is 146 cm³/mol. The first-order chi connectivity index (χ1) is 18.0. The molecule has 4 rings (SSSR count). The molecule has 1 N–H and O–H groups in total. The molecule has 1 aliphatic heterocycles. The normalized spacial score (nSPS) is 14.2. The highest BCUT2D eigenvalue weighted by Gasteiger charge is 2.23. The van der Waals surface area contributed by atoms with Crippen LogP contribution >= 0.6 is 11.3 Å². The Morgan fingerprint density at radius 2 is 1.68 bits per heavy atom. The minimum Gasteiger partial charge on any atom is -0.497 e. The van der Waals surface area contributed by atoms with Gasteiger partial charge in [0.2, 0.25) is 5.91 Å². The number of nitrogens with one attached hydrogen (secondary N) is 1. The van der Waals surface area contributed by atoms with E-state index < -0.39 is 5.97 Å². The second-order valence-electron chi connectivity index (χ2n) is 8.72. The molecule has 0 aliphatic carbocycles. The highest BCUT2D eigenvalue weighted by Crippen LogP contribution is 2.35. The zero-order valence-electron chi connectivity index (χ0n) is 21.5. The van der Waals surface area contributed by atoms with Crippen molar-refractivity contribution in [1.82, 2.24) is 9.80 Å². The van der Waals surface area contributed by atoms with Gasteiger partial charge in [0.15, 0.2) is 0 Å². The summed E-state index contributed by atoms with van der Waals surface area (Å²) in [6.07, 6.45) is 0. The van der Waals surface area contributed by atoms with E-state index in [1.165, 1.54) is 11.3 Å². The van der Waals surface area contributed by atoms with Crippen LogP contribution in [0.2, 0.25) is 0 Å². The molecule has 1 aromatic heterocycles. The number of carbonyl (C=O) groups excluding carboxylic acids is 2. The predicted octanol–water partition coefficient (Wildman–Crippen LogP) is 4.37. The summed E-state index contributed by atoms with van der Waals surface area (Å²) in [6, 6.07) is 17.5. The van der Waals surface area contributed by atoms with Gasteiger partial charge >= 0.3 is 5.97 Å². The highest BCUT2D eigenvalue weighted by atomic mass is 32.1. The van der Waals surface area contributed by atoms with Crippen molar-refractivity contribution in [2.45, 2.75) is 13.5 Å². The van der Waals surface area contributed by atoms with Gasteiger partial charge in [0.05, 0.1) is 33.1 Å². The van der Waals surface area contributed by atoms with Gasteiger partial charge < -0.3 is 19.5 Å². The zero-order valence-corrected chi connectivity index (χ0v) is 22.3. The number of anilines is 1. The van der Waals surface area contributed by atoms with Gasteiger partial charge in [-0.1, -0.05) is 30.3 Å². The van der Waals surface area contributed by atoms with Crippen molar-refractivity contribution in [2.75, 3.05) is 58.9 Å². The number of rotatable bonds is 10. The summed E-state index contributed by atoms with van der Waals surface area (Å²) >= 11 is 1.33. The van der Waals surface area contributed by atoms with Crippen molar-refractivity contribution in [1.29, 1.82) is 0 Å². The van der Waals surface area contributed by atoms with Gasteiger partial charge in [-0.05, 0) is 36.8 Å².